The van der Waals surface area contributed by atoms with Gasteiger partial charge in [-0.05, 0) is 25.1 Å². The van der Waals surface area contributed by atoms with E-state index in [0.29, 0.717) is 60.0 Å². The number of fused-ring (bicyclic) bond motifs is 1. The summed E-state index contributed by atoms with van der Waals surface area (Å²) in [6, 6.07) is 5.26. The first-order valence-electron chi connectivity index (χ1n) is 9.34. The van der Waals surface area contributed by atoms with Gasteiger partial charge in [-0.2, -0.15) is 0 Å². The Bertz CT molecular complexity index is 1010. The van der Waals surface area contributed by atoms with Gasteiger partial charge in [0, 0.05) is 32.1 Å². The molecule has 0 aromatic carbocycles. The molecule has 0 unspecified atom stereocenters. The number of amides is 2. The van der Waals surface area contributed by atoms with Gasteiger partial charge in [-0.25, -0.2) is 4.98 Å². The number of pyridine rings is 1. The monoisotopic (exact) mass is 382 g/mol. The van der Waals surface area contributed by atoms with Crippen molar-refractivity contribution in [3.63, 3.8) is 0 Å². The van der Waals surface area contributed by atoms with Crippen LogP contribution in [0.3, 0.4) is 0 Å². The van der Waals surface area contributed by atoms with E-state index in [1.54, 1.807) is 36.3 Å². The van der Waals surface area contributed by atoms with E-state index >= 15 is 0 Å². The van der Waals surface area contributed by atoms with Crippen LogP contribution in [0.2, 0.25) is 0 Å². The molecule has 2 amide bonds. The Morgan fingerprint density at radius 1 is 1.14 bits per heavy atom. The molecule has 28 heavy (non-hydrogen) atoms. The zero-order chi connectivity index (χ0) is 19.8. The fourth-order valence-corrected chi connectivity index (χ4v) is 3.48. The van der Waals surface area contributed by atoms with Crippen molar-refractivity contribution in [2.75, 3.05) is 26.2 Å². The number of piperazine rings is 1. The minimum Gasteiger partial charge on any atom is -0.463 e. The van der Waals surface area contributed by atoms with Gasteiger partial charge in [-0.3, -0.25) is 9.59 Å². The zero-order valence-corrected chi connectivity index (χ0v) is 16.1. The van der Waals surface area contributed by atoms with Crippen LogP contribution in [0.4, 0.5) is 0 Å². The minimum atomic E-state index is -0.122. The van der Waals surface area contributed by atoms with Crippen molar-refractivity contribution < 1.29 is 18.5 Å². The van der Waals surface area contributed by atoms with E-state index in [0.717, 1.165) is 0 Å². The van der Waals surface area contributed by atoms with Gasteiger partial charge in [0.2, 0.25) is 5.91 Å². The Morgan fingerprint density at radius 2 is 1.86 bits per heavy atom. The summed E-state index contributed by atoms with van der Waals surface area (Å²) >= 11 is 0. The molecule has 3 aromatic heterocycles. The van der Waals surface area contributed by atoms with Gasteiger partial charge in [0.25, 0.3) is 11.6 Å². The van der Waals surface area contributed by atoms with Crippen molar-refractivity contribution in [3.05, 3.63) is 35.7 Å². The highest BCUT2D eigenvalue weighted by atomic mass is 16.5. The van der Waals surface area contributed by atoms with Crippen LogP contribution in [0.1, 0.15) is 29.9 Å². The van der Waals surface area contributed by atoms with Gasteiger partial charge in [0.05, 0.1) is 22.9 Å². The number of nitrogens with zero attached hydrogens (tertiary/aromatic N) is 4. The molecule has 0 N–H and O–H groups in total. The van der Waals surface area contributed by atoms with Crippen LogP contribution in [-0.4, -0.2) is 57.9 Å². The molecule has 1 fully saturated rings. The molecule has 0 aliphatic carbocycles. The van der Waals surface area contributed by atoms with E-state index in [1.807, 2.05) is 18.7 Å². The predicted molar refractivity (Wildman–Crippen MR) is 102 cm³/mol. The Morgan fingerprint density at radius 3 is 2.50 bits per heavy atom. The molecular weight excluding hydrogens is 360 g/mol. The molecule has 1 aliphatic heterocycles. The molecule has 0 spiro atoms. The van der Waals surface area contributed by atoms with E-state index in [9.17, 15) is 9.59 Å². The first-order valence-corrected chi connectivity index (χ1v) is 9.34. The molecule has 0 atom stereocenters. The lowest BCUT2D eigenvalue weighted by molar-refractivity contribution is -0.135. The number of hydrogen-bond acceptors (Lipinski definition) is 6. The van der Waals surface area contributed by atoms with Crippen molar-refractivity contribution in [1.29, 1.82) is 0 Å². The maximum absolute atomic E-state index is 13.3. The zero-order valence-electron chi connectivity index (χ0n) is 16.1. The maximum atomic E-state index is 13.3. The number of aryl methyl sites for hydroxylation is 1. The molecule has 8 heteroatoms. The summed E-state index contributed by atoms with van der Waals surface area (Å²) in [5.41, 5.74) is 1.93. The first kappa shape index (κ1) is 18.2. The van der Waals surface area contributed by atoms with Crippen LogP contribution in [0.5, 0.6) is 0 Å². The highest BCUT2D eigenvalue weighted by molar-refractivity contribution is 6.07. The first-order chi connectivity index (χ1) is 13.5. The molecule has 8 nitrogen and oxygen atoms in total. The van der Waals surface area contributed by atoms with Gasteiger partial charge in [-0.1, -0.05) is 19.0 Å². The summed E-state index contributed by atoms with van der Waals surface area (Å²) in [6.45, 7) is 7.60. The average Bonchev–Trinajstić information content (AvgIpc) is 3.36. The van der Waals surface area contributed by atoms with Crippen molar-refractivity contribution >= 4 is 22.9 Å². The molecule has 4 rings (SSSR count). The third-order valence-corrected chi connectivity index (χ3v) is 4.99. The van der Waals surface area contributed by atoms with Crippen LogP contribution < -0.4 is 0 Å². The predicted octanol–water partition coefficient (Wildman–Crippen LogP) is 2.73. The summed E-state index contributed by atoms with van der Waals surface area (Å²) in [5.74, 6) is 0.506. The Balaban J connectivity index is 1.64. The summed E-state index contributed by atoms with van der Waals surface area (Å²) in [6.07, 6.45) is 1.55. The topological polar surface area (TPSA) is 92.7 Å². The summed E-state index contributed by atoms with van der Waals surface area (Å²) in [7, 11) is 0. The normalized spacial score (nSPS) is 14.9. The van der Waals surface area contributed by atoms with Gasteiger partial charge < -0.3 is 18.7 Å². The fourth-order valence-electron chi connectivity index (χ4n) is 3.48. The second-order valence-electron chi connectivity index (χ2n) is 7.25. The lowest BCUT2D eigenvalue weighted by Gasteiger charge is -2.35. The number of carbonyl (C=O) groups is 2. The molecule has 4 heterocycles. The van der Waals surface area contributed by atoms with Crippen molar-refractivity contribution in [3.8, 4) is 11.5 Å². The Kier molecular flexibility index (Phi) is 4.62. The molecule has 1 aliphatic rings. The van der Waals surface area contributed by atoms with Crippen LogP contribution in [0.15, 0.2) is 33.4 Å². The largest absolute Gasteiger partial charge is 0.463 e. The summed E-state index contributed by atoms with van der Waals surface area (Å²) < 4.78 is 10.7. The van der Waals surface area contributed by atoms with Gasteiger partial charge in [-0.15, -0.1) is 0 Å². The average molecular weight is 382 g/mol. The third kappa shape index (κ3) is 3.15. The standard InChI is InChI=1S/C20H22N4O4/c1-12(2)19(25)23-6-8-24(9-7-23)20(26)14-11-15(16-5-4-10-27-16)21-18-17(14)13(3)22-28-18/h4-5,10-12H,6-9H2,1-3H3. The van der Waals surface area contributed by atoms with E-state index in [-0.39, 0.29) is 17.7 Å². The Hall–Kier alpha value is -3.16. The van der Waals surface area contributed by atoms with Crippen LogP contribution in [-0.2, 0) is 4.79 Å². The van der Waals surface area contributed by atoms with Crippen molar-refractivity contribution in [2.24, 2.45) is 5.92 Å². The number of rotatable bonds is 3. The van der Waals surface area contributed by atoms with Crippen LogP contribution in [0, 0.1) is 12.8 Å². The smallest absolute Gasteiger partial charge is 0.259 e. The van der Waals surface area contributed by atoms with E-state index in [4.69, 9.17) is 8.94 Å². The maximum Gasteiger partial charge on any atom is 0.259 e. The number of furan rings is 1. The van der Waals surface area contributed by atoms with Crippen LogP contribution >= 0.6 is 0 Å². The Labute approximate surface area is 162 Å². The highest BCUT2D eigenvalue weighted by Gasteiger charge is 2.28. The molecule has 1 saturated heterocycles. The number of aromatic nitrogens is 2. The number of hydrogen-bond donors (Lipinski definition) is 0. The van der Waals surface area contributed by atoms with Crippen molar-refractivity contribution in [2.45, 2.75) is 20.8 Å². The summed E-state index contributed by atoms with van der Waals surface area (Å²) in [5, 5.41) is 4.58. The van der Waals surface area contributed by atoms with E-state index in [2.05, 4.69) is 10.1 Å². The van der Waals surface area contributed by atoms with Crippen molar-refractivity contribution in [1.82, 2.24) is 19.9 Å². The number of carbonyl (C=O) groups excluding carboxylic acids is 2. The molecule has 146 valence electrons. The molecular formula is C20H22N4O4. The second-order valence-corrected chi connectivity index (χ2v) is 7.25. The van der Waals surface area contributed by atoms with Gasteiger partial charge in [0.15, 0.2) is 5.76 Å². The quantitative estimate of drug-likeness (QED) is 0.691. The summed E-state index contributed by atoms with van der Waals surface area (Å²) in [4.78, 5) is 33.5. The molecule has 0 bridgehead atoms. The highest BCUT2D eigenvalue weighted by Crippen LogP contribution is 2.28. The fraction of sp³-hybridized carbons (Fsp3) is 0.400. The lowest BCUT2D eigenvalue weighted by Crippen LogP contribution is -2.51. The minimum absolute atomic E-state index is 0.0439. The van der Waals surface area contributed by atoms with E-state index < -0.39 is 0 Å². The third-order valence-electron chi connectivity index (χ3n) is 4.99. The molecule has 3 aromatic rings. The van der Waals surface area contributed by atoms with Gasteiger partial charge in [0.1, 0.15) is 5.69 Å². The molecule has 0 radical (unpaired) electrons. The second kappa shape index (κ2) is 7.10. The van der Waals surface area contributed by atoms with Gasteiger partial charge >= 0.3 is 0 Å². The van der Waals surface area contributed by atoms with E-state index in [1.165, 1.54) is 0 Å². The lowest BCUT2D eigenvalue weighted by atomic mass is 10.1. The van der Waals surface area contributed by atoms with Crippen LogP contribution in [0.25, 0.3) is 22.6 Å². The SMILES string of the molecule is Cc1noc2nc(-c3ccco3)cc(C(=O)N3CCN(C(=O)C(C)C)CC3)c12. The molecule has 0 saturated carbocycles.